The van der Waals surface area contributed by atoms with Gasteiger partial charge in [-0.05, 0) is 24.1 Å². The van der Waals surface area contributed by atoms with Crippen LogP contribution in [0.4, 0.5) is 0 Å². The molecule has 3 N–H and O–H groups in total. The maximum Gasteiger partial charge on any atom is 0.459 e. The van der Waals surface area contributed by atoms with Crippen molar-refractivity contribution in [1.29, 1.82) is 0 Å². The average molecular weight is 489 g/mol. The van der Waals surface area contributed by atoms with E-state index in [0.29, 0.717) is 11.2 Å². The lowest BCUT2D eigenvalue weighted by molar-refractivity contribution is -0.139. The molecule has 4 atom stereocenters. The Labute approximate surface area is 194 Å². The number of nitrogens with one attached hydrogen (secondary N) is 2. The van der Waals surface area contributed by atoms with Gasteiger partial charge in [-0.25, -0.2) is 19.6 Å². The SMILES string of the molecule is C=C1[C@H](COP(=O)(NCC(=O)OC)Oc2ccccc2)[C@@H](O)C[C@@H]1n1cnc2c(=O)[nH]cnc21. The first-order valence-corrected chi connectivity index (χ1v) is 11.9. The van der Waals surface area contributed by atoms with Gasteiger partial charge in [0, 0.05) is 5.92 Å². The van der Waals surface area contributed by atoms with E-state index in [1.54, 1.807) is 34.9 Å². The Bertz CT molecular complexity index is 1290. The fraction of sp³-hybridized carbons (Fsp3) is 0.333. The van der Waals surface area contributed by atoms with Gasteiger partial charge in [-0.1, -0.05) is 24.8 Å². The van der Waals surface area contributed by atoms with E-state index in [0.717, 1.165) is 0 Å². The van der Waals surface area contributed by atoms with Crippen molar-refractivity contribution in [2.75, 3.05) is 20.3 Å². The predicted octanol–water partition coefficient (Wildman–Crippen LogP) is 1.56. The number of ether oxygens (including phenoxy) is 1. The van der Waals surface area contributed by atoms with Crippen molar-refractivity contribution in [3.63, 3.8) is 0 Å². The van der Waals surface area contributed by atoms with Gasteiger partial charge in [0.2, 0.25) is 0 Å². The number of H-pyrrole nitrogens is 1. The Morgan fingerprint density at radius 3 is 2.85 bits per heavy atom. The van der Waals surface area contributed by atoms with Crippen LogP contribution in [0.25, 0.3) is 11.2 Å². The number of imidazole rings is 1. The van der Waals surface area contributed by atoms with E-state index in [2.05, 4.69) is 31.4 Å². The van der Waals surface area contributed by atoms with E-state index in [1.807, 2.05) is 0 Å². The summed E-state index contributed by atoms with van der Waals surface area (Å²) in [5.41, 5.74) is 0.760. The Morgan fingerprint density at radius 2 is 2.12 bits per heavy atom. The molecule has 12 nitrogen and oxygen atoms in total. The van der Waals surface area contributed by atoms with Gasteiger partial charge in [-0.2, -0.15) is 0 Å². The van der Waals surface area contributed by atoms with Crippen molar-refractivity contribution in [2.45, 2.75) is 18.6 Å². The first kappa shape index (κ1) is 23.8. The van der Waals surface area contributed by atoms with E-state index >= 15 is 0 Å². The van der Waals surface area contributed by atoms with Gasteiger partial charge in [0.25, 0.3) is 5.56 Å². The number of aromatic amines is 1. The van der Waals surface area contributed by atoms with Crippen LogP contribution in [0, 0.1) is 5.92 Å². The maximum atomic E-state index is 13.4. The summed E-state index contributed by atoms with van der Waals surface area (Å²) in [6.45, 7) is 3.49. The zero-order chi connectivity index (χ0) is 24.3. The molecule has 180 valence electrons. The van der Waals surface area contributed by atoms with Crippen molar-refractivity contribution in [1.82, 2.24) is 24.6 Å². The van der Waals surface area contributed by atoms with Crippen molar-refractivity contribution in [3.05, 3.63) is 65.5 Å². The Balaban J connectivity index is 1.51. The molecule has 1 aromatic carbocycles. The minimum absolute atomic E-state index is 0.178. The van der Waals surface area contributed by atoms with Gasteiger partial charge in [-0.3, -0.25) is 14.1 Å². The number of para-hydroxylation sites is 1. The van der Waals surface area contributed by atoms with Crippen LogP contribution in [-0.4, -0.2) is 57.0 Å². The number of fused-ring (bicyclic) bond motifs is 1. The zero-order valence-electron chi connectivity index (χ0n) is 18.3. The smallest absolute Gasteiger partial charge is 0.459 e. The molecule has 2 aromatic heterocycles. The molecular formula is C21H24N5O7P. The van der Waals surface area contributed by atoms with E-state index in [1.165, 1.54) is 19.8 Å². The number of aliphatic hydroxyl groups excluding tert-OH is 1. The molecule has 0 amide bonds. The summed E-state index contributed by atoms with van der Waals surface area (Å²) in [7, 11) is -2.82. The number of rotatable bonds is 9. The zero-order valence-corrected chi connectivity index (χ0v) is 19.2. The number of benzene rings is 1. The first-order valence-electron chi connectivity index (χ1n) is 10.4. The molecule has 34 heavy (non-hydrogen) atoms. The number of aromatic nitrogens is 4. The van der Waals surface area contributed by atoms with Crippen LogP contribution in [0.15, 0.2) is 59.9 Å². The van der Waals surface area contributed by atoms with Gasteiger partial charge >= 0.3 is 13.7 Å². The normalized spacial score (nSPS) is 21.9. The number of methoxy groups -OCH3 is 1. The largest absolute Gasteiger partial charge is 0.468 e. The monoisotopic (exact) mass is 489 g/mol. The van der Waals surface area contributed by atoms with Gasteiger partial charge in [0.15, 0.2) is 11.2 Å². The summed E-state index contributed by atoms with van der Waals surface area (Å²) in [5.74, 6) is -0.981. The van der Waals surface area contributed by atoms with Crippen LogP contribution in [0.3, 0.4) is 0 Å². The number of nitrogens with zero attached hydrogens (tertiary/aromatic N) is 3. The molecule has 2 heterocycles. The van der Waals surface area contributed by atoms with Crippen LogP contribution in [0.5, 0.6) is 5.75 Å². The number of carbonyl (C=O) groups excluding carboxylic acids is 1. The highest BCUT2D eigenvalue weighted by atomic mass is 31.2. The summed E-state index contributed by atoms with van der Waals surface area (Å²) in [6, 6.07) is 7.94. The molecule has 1 aliphatic rings. The molecule has 0 bridgehead atoms. The lowest BCUT2D eigenvalue weighted by atomic mass is 10.0. The molecule has 0 saturated heterocycles. The molecular weight excluding hydrogens is 465 g/mol. The predicted molar refractivity (Wildman–Crippen MR) is 121 cm³/mol. The number of carbonyl (C=O) groups is 1. The topological polar surface area (TPSA) is 158 Å². The molecule has 1 aliphatic carbocycles. The molecule has 3 aromatic rings. The minimum Gasteiger partial charge on any atom is -0.468 e. The fourth-order valence-corrected chi connectivity index (χ4v) is 5.06. The lowest BCUT2D eigenvalue weighted by Gasteiger charge is -2.23. The molecule has 13 heteroatoms. The van der Waals surface area contributed by atoms with Gasteiger partial charge < -0.3 is 23.9 Å². The van der Waals surface area contributed by atoms with Crippen LogP contribution in [-0.2, 0) is 18.6 Å². The van der Waals surface area contributed by atoms with Crippen LogP contribution < -0.4 is 15.2 Å². The molecule has 0 spiro atoms. The Hall–Kier alpha value is -3.31. The summed E-state index contributed by atoms with van der Waals surface area (Å²) >= 11 is 0. The van der Waals surface area contributed by atoms with Crippen LogP contribution in [0.2, 0.25) is 0 Å². The third-order valence-electron chi connectivity index (χ3n) is 5.57. The molecule has 1 unspecified atom stereocenters. The second-order valence-corrected chi connectivity index (χ2v) is 9.42. The quantitative estimate of drug-likeness (QED) is 0.229. The Morgan fingerprint density at radius 1 is 1.35 bits per heavy atom. The molecule has 0 aliphatic heterocycles. The van der Waals surface area contributed by atoms with Crippen molar-refractivity contribution in [3.8, 4) is 5.75 Å². The molecule has 1 fully saturated rings. The summed E-state index contributed by atoms with van der Waals surface area (Å²) in [4.78, 5) is 34.3. The third kappa shape index (κ3) is 4.95. The summed E-state index contributed by atoms with van der Waals surface area (Å²) < 4.78 is 30.8. The van der Waals surface area contributed by atoms with Crippen molar-refractivity contribution >= 4 is 24.9 Å². The van der Waals surface area contributed by atoms with Crippen LogP contribution in [0.1, 0.15) is 12.5 Å². The second-order valence-electron chi connectivity index (χ2n) is 7.66. The van der Waals surface area contributed by atoms with Gasteiger partial charge in [0.05, 0.1) is 38.5 Å². The van der Waals surface area contributed by atoms with Crippen molar-refractivity contribution in [2.24, 2.45) is 5.92 Å². The Kier molecular flexibility index (Phi) is 6.94. The minimum atomic E-state index is -4.02. The third-order valence-corrected chi connectivity index (χ3v) is 7.06. The van der Waals surface area contributed by atoms with Gasteiger partial charge in [0.1, 0.15) is 12.3 Å². The van der Waals surface area contributed by atoms with E-state index in [9.17, 15) is 19.3 Å². The molecule has 1 saturated carbocycles. The maximum absolute atomic E-state index is 13.4. The standard InChI is InChI=1S/C21H24N5O7P/c1-13-15(17(27)8-16(13)26-12-24-19-20(26)22-11-23-21(19)29)10-32-34(30,25-9-18(28)31-2)33-14-6-4-3-5-7-14/h3-7,11-12,15-17,27H,1,8-10H2,2H3,(H,25,30)(H,22,23,29)/t15-,16-,17-,34?/m0/s1. The fourth-order valence-electron chi connectivity index (χ4n) is 3.78. The lowest BCUT2D eigenvalue weighted by Crippen LogP contribution is -2.27. The highest BCUT2D eigenvalue weighted by Gasteiger charge is 2.40. The molecule has 4 rings (SSSR count). The van der Waals surface area contributed by atoms with E-state index in [4.69, 9.17) is 9.05 Å². The second kappa shape index (κ2) is 9.90. The number of esters is 1. The van der Waals surface area contributed by atoms with Crippen molar-refractivity contribution < 1.29 is 28.3 Å². The van der Waals surface area contributed by atoms with E-state index in [-0.39, 0.29) is 29.9 Å². The number of hydrogen-bond donors (Lipinski definition) is 3. The highest BCUT2D eigenvalue weighted by molar-refractivity contribution is 7.52. The van der Waals surface area contributed by atoms with E-state index < -0.39 is 38.3 Å². The summed E-state index contributed by atoms with van der Waals surface area (Å²) in [5, 5.41) is 13.2. The van der Waals surface area contributed by atoms with Crippen LogP contribution >= 0.6 is 7.75 Å². The average Bonchev–Trinajstić information content (AvgIpc) is 3.38. The summed E-state index contributed by atoms with van der Waals surface area (Å²) in [6.07, 6.45) is 2.15. The number of aliphatic hydroxyl groups is 1. The van der Waals surface area contributed by atoms with Gasteiger partial charge in [-0.15, -0.1) is 0 Å². The number of hydrogen-bond acceptors (Lipinski definition) is 9. The molecule has 0 radical (unpaired) electrons. The highest BCUT2D eigenvalue weighted by Crippen LogP contribution is 2.47. The first-order chi connectivity index (χ1) is 16.3.